The number of ether oxygens (including phenoxy) is 1. The third-order valence-corrected chi connectivity index (χ3v) is 6.04. The molecule has 2 aromatic rings. The quantitative estimate of drug-likeness (QED) is 0.742. The Morgan fingerprint density at radius 1 is 1.04 bits per heavy atom. The smallest absolute Gasteiger partial charge is 0.346 e. The van der Waals surface area contributed by atoms with E-state index < -0.39 is 46.2 Å². The van der Waals surface area contributed by atoms with Gasteiger partial charge in [0.05, 0.1) is 11.6 Å². The number of benzene rings is 2. The summed E-state index contributed by atoms with van der Waals surface area (Å²) < 4.78 is 77.2. The van der Waals surface area contributed by atoms with Crippen LogP contribution in [0.2, 0.25) is 0 Å². The molecule has 0 amide bonds. The minimum absolute atomic E-state index is 0.00941. The molecule has 0 saturated heterocycles. The van der Waals surface area contributed by atoms with Crippen molar-refractivity contribution in [3.05, 3.63) is 58.4 Å². The van der Waals surface area contributed by atoms with Crippen LogP contribution in [-0.2, 0) is 16.9 Å². The number of hydrogen-bond donors (Lipinski definition) is 1. The van der Waals surface area contributed by atoms with Crippen LogP contribution in [0.5, 0.6) is 11.5 Å². The van der Waals surface area contributed by atoms with Gasteiger partial charge >= 0.3 is 11.8 Å². The lowest BCUT2D eigenvalue weighted by Gasteiger charge is -2.31. The third kappa shape index (κ3) is 1.85. The summed E-state index contributed by atoms with van der Waals surface area (Å²) in [6.45, 7) is 0. The van der Waals surface area contributed by atoms with Crippen molar-refractivity contribution in [2.45, 2.75) is 42.1 Å². The number of alkyl halides is 4. The van der Waals surface area contributed by atoms with E-state index in [1.807, 2.05) is 0 Å². The molecule has 0 heterocycles. The molecular weight excluding hydrogens is 381 g/mol. The largest absolute Gasteiger partial charge is 0.457 e. The molecule has 1 unspecified atom stereocenters. The maximum absolute atomic E-state index is 14.6. The van der Waals surface area contributed by atoms with Gasteiger partial charge in [-0.2, -0.15) is 22.8 Å². The van der Waals surface area contributed by atoms with Gasteiger partial charge in [-0.1, -0.05) is 0 Å². The van der Waals surface area contributed by atoms with E-state index in [1.165, 1.54) is 6.07 Å². The van der Waals surface area contributed by atoms with Crippen LogP contribution >= 0.6 is 0 Å². The zero-order chi connectivity index (χ0) is 20.1. The summed E-state index contributed by atoms with van der Waals surface area (Å²) in [5.74, 6) is -9.93. The third-order valence-electron chi connectivity index (χ3n) is 6.04. The highest BCUT2D eigenvalue weighted by Gasteiger charge is 2.81. The molecule has 0 aliphatic heterocycles. The van der Waals surface area contributed by atoms with Crippen molar-refractivity contribution < 1.29 is 31.8 Å². The number of nitriles is 1. The van der Waals surface area contributed by atoms with E-state index >= 15 is 0 Å². The minimum atomic E-state index is -4.64. The van der Waals surface area contributed by atoms with Crippen LogP contribution in [0, 0.1) is 17.1 Å². The molecule has 2 aromatic carbocycles. The molecule has 1 saturated carbocycles. The lowest BCUT2D eigenvalue weighted by atomic mass is 9.90. The van der Waals surface area contributed by atoms with E-state index in [-0.39, 0.29) is 22.6 Å². The molecule has 1 spiro atoms. The van der Waals surface area contributed by atoms with Gasteiger partial charge in [-0.25, -0.2) is 4.39 Å². The monoisotopic (exact) mass is 393 g/mol. The first-order valence-corrected chi connectivity index (χ1v) is 8.61. The van der Waals surface area contributed by atoms with Crippen LogP contribution in [-0.4, -0.2) is 11.0 Å². The second-order valence-electron chi connectivity index (χ2n) is 7.72. The zero-order valence-electron chi connectivity index (χ0n) is 14.2. The number of halogens is 5. The van der Waals surface area contributed by atoms with Gasteiger partial charge in [-0.3, -0.25) is 0 Å². The normalized spacial score (nSPS) is 26.8. The van der Waals surface area contributed by atoms with Crippen LogP contribution in [0.15, 0.2) is 30.3 Å². The lowest BCUT2D eigenvalue weighted by molar-refractivity contribution is -0.287. The Balaban J connectivity index is 1.71. The van der Waals surface area contributed by atoms with Gasteiger partial charge in [-0.05, 0) is 43.5 Å². The highest BCUT2D eigenvalue weighted by Crippen LogP contribution is 2.74. The topological polar surface area (TPSA) is 53.2 Å². The van der Waals surface area contributed by atoms with E-state index in [1.54, 1.807) is 6.07 Å². The van der Waals surface area contributed by atoms with Gasteiger partial charge in [-0.15, -0.1) is 0 Å². The SMILES string of the molecule is N#Cc1cc(F)cc(Oc2ccc3c4c2C2(CC2)CC4(O)C(F)(F)C3(F)F)c1. The van der Waals surface area contributed by atoms with Crippen molar-refractivity contribution in [3.8, 4) is 17.6 Å². The van der Waals surface area contributed by atoms with Gasteiger partial charge in [0.1, 0.15) is 17.3 Å². The van der Waals surface area contributed by atoms with Crippen molar-refractivity contribution in [1.29, 1.82) is 5.26 Å². The van der Waals surface area contributed by atoms with Gasteiger partial charge in [0.15, 0.2) is 5.60 Å². The molecule has 0 aromatic heterocycles. The Morgan fingerprint density at radius 3 is 2.39 bits per heavy atom. The summed E-state index contributed by atoms with van der Waals surface area (Å²) in [4.78, 5) is 0. The van der Waals surface area contributed by atoms with E-state index in [4.69, 9.17) is 10.00 Å². The predicted molar refractivity (Wildman–Crippen MR) is 85.9 cm³/mol. The maximum Gasteiger partial charge on any atom is 0.346 e. The summed E-state index contributed by atoms with van der Waals surface area (Å²) in [6, 6.07) is 7.00. The van der Waals surface area contributed by atoms with Crippen LogP contribution < -0.4 is 4.74 Å². The van der Waals surface area contributed by atoms with E-state index in [0.717, 1.165) is 24.3 Å². The van der Waals surface area contributed by atoms with Gasteiger partial charge in [0.25, 0.3) is 0 Å². The Hall–Kier alpha value is -2.66. The number of hydrogen-bond acceptors (Lipinski definition) is 3. The van der Waals surface area contributed by atoms with Gasteiger partial charge in [0, 0.05) is 28.2 Å². The summed E-state index contributed by atoms with van der Waals surface area (Å²) >= 11 is 0. The summed E-state index contributed by atoms with van der Waals surface area (Å²) in [5.41, 5.74) is -5.09. The number of rotatable bonds is 2. The molecule has 3 nitrogen and oxygen atoms in total. The first-order valence-electron chi connectivity index (χ1n) is 8.61. The number of nitrogens with zero attached hydrogens (tertiary/aromatic N) is 1. The molecule has 8 heteroatoms. The van der Waals surface area contributed by atoms with Crippen molar-refractivity contribution in [2.24, 2.45) is 0 Å². The fourth-order valence-corrected chi connectivity index (χ4v) is 4.64. The molecule has 3 aliphatic rings. The molecule has 0 radical (unpaired) electrons. The van der Waals surface area contributed by atoms with E-state index in [0.29, 0.717) is 12.8 Å². The van der Waals surface area contributed by atoms with Crippen molar-refractivity contribution in [3.63, 3.8) is 0 Å². The second-order valence-corrected chi connectivity index (χ2v) is 7.72. The average molecular weight is 393 g/mol. The second kappa shape index (κ2) is 4.84. The number of fused-ring (bicyclic) bond motifs is 1. The lowest BCUT2D eigenvalue weighted by Crippen LogP contribution is -2.48. The highest BCUT2D eigenvalue weighted by molar-refractivity contribution is 5.64. The fraction of sp³-hybridized carbons (Fsp3) is 0.350. The zero-order valence-corrected chi connectivity index (χ0v) is 14.2. The summed E-state index contributed by atoms with van der Waals surface area (Å²) in [6.07, 6.45) is 0.393. The van der Waals surface area contributed by atoms with Crippen LogP contribution in [0.4, 0.5) is 22.0 Å². The first kappa shape index (κ1) is 17.4. The Kier molecular flexibility index (Phi) is 3.01. The molecule has 1 atom stereocenters. The summed E-state index contributed by atoms with van der Waals surface area (Å²) in [7, 11) is 0. The van der Waals surface area contributed by atoms with Crippen LogP contribution in [0.3, 0.4) is 0 Å². The van der Waals surface area contributed by atoms with E-state index in [2.05, 4.69) is 0 Å². The molecule has 1 N–H and O–H groups in total. The van der Waals surface area contributed by atoms with Gasteiger partial charge < -0.3 is 9.84 Å². The maximum atomic E-state index is 14.6. The molecule has 28 heavy (non-hydrogen) atoms. The van der Waals surface area contributed by atoms with Crippen molar-refractivity contribution >= 4 is 0 Å². The first-order chi connectivity index (χ1) is 13.1. The standard InChI is InChI=1S/C20H12F5NO2/c21-11-5-10(8-26)6-12(7-11)28-14-2-1-13-15-16(14)17(3-4-17)9-18(15,27)20(24,25)19(13,22)23/h1-2,5-7,27H,3-4,9H2. The molecule has 5 rings (SSSR count). The average Bonchev–Trinajstić information content (AvgIpc) is 3.31. The highest BCUT2D eigenvalue weighted by atomic mass is 19.3. The fourth-order valence-electron chi connectivity index (χ4n) is 4.64. The number of aliphatic hydroxyl groups is 1. The molecule has 144 valence electrons. The van der Waals surface area contributed by atoms with E-state index in [9.17, 15) is 27.1 Å². The predicted octanol–water partition coefficient (Wildman–Crippen LogP) is 4.85. The van der Waals surface area contributed by atoms with Crippen LogP contribution in [0.25, 0.3) is 0 Å². The molecular formula is C20H12F5NO2. The Bertz CT molecular complexity index is 1090. The minimum Gasteiger partial charge on any atom is -0.457 e. The van der Waals surface area contributed by atoms with Crippen LogP contribution in [0.1, 0.15) is 41.5 Å². The molecule has 1 fully saturated rings. The van der Waals surface area contributed by atoms with Crippen molar-refractivity contribution in [1.82, 2.24) is 0 Å². The molecule has 3 aliphatic carbocycles. The Morgan fingerprint density at radius 2 is 1.75 bits per heavy atom. The van der Waals surface area contributed by atoms with Crippen molar-refractivity contribution in [2.75, 3.05) is 0 Å². The molecule has 0 bridgehead atoms. The Labute approximate surface area is 156 Å². The summed E-state index contributed by atoms with van der Waals surface area (Å²) in [5, 5.41) is 19.6. The van der Waals surface area contributed by atoms with Gasteiger partial charge in [0.2, 0.25) is 0 Å².